The summed E-state index contributed by atoms with van der Waals surface area (Å²) in [5.74, 6) is 6.40. The van der Waals surface area contributed by atoms with Gasteiger partial charge in [0.25, 0.3) is 0 Å². The molecular formula is C37H50O6. The molecule has 13 rings (SSSR count). The summed E-state index contributed by atoms with van der Waals surface area (Å²) in [6.45, 7) is 0.469. The monoisotopic (exact) mass is 590 g/mol. The number of rotatable bonds is 6. The van der Waals surface area contributed by atoms with Crippen LogP contribution in [-0.4, -0.2) is 43.1 Å². The Hall–Kier alpha value is -1.14. The van der Waals surface area contributed by atoms with Gasteiger partial charge in [-0.05, 0) is 162 Å². The van der Waals surface area contributed by atoms with Gasteiger partial charge in [-0.1, -0.05) is 0 Å². The molecule has 0 aromatic heterocycles. The van der Waals surface area contributed by atoms with E-state index in [1.807, 2.05) is 0 Å². The maximum atomic E-state index is 14.0. The molecule has 13 fully saturated rings. The van der Waals surface area contributed by atoms with Crippen LogP contribution in [0.3, 0.4) is 0 Å². The standard InChI is InChI=1S/C37H50O6/c38-32(34-11-22-2-23(12-34)4-24(3-22)13-34)40-17-30-31(43-37(42-30)27-5-20-1-21(7-27)8-28(37)6-20)18-41-33(39)35-14-25-9-26-10-29(16-35)36(26,15-25)19-35/h20-31H,1-19H2. The van der Waals surface area contributed by atoms with E-state index in [0.717, 1.165) is 68.1 Å². The second-order valence-corrected chi connectivity index (χ2v) is 18.8. The molecule has 234 valence electrons. The Labute approximate surface area is 256 Å². The minimum Gasteiger partial charge on any atom is -0.462 e. The lowest BCUT2D eigenvalue weighted by Gasteiger charge is -2.58. The Kier molecular flexibility index (Phi) is 5.08. The molecule has 13 aliphatic rings. The molecule has 0 aromatic carbocycles. The quantitative estimate of drug-likeness (QED) is 0.332. The average Bonchev–Trinajstić information content (AvgIpc) is 3.50. The first kappa shape index (κ1) is 26.0. The predicted molar refractivity (Wildman–Crippen MR) is 155 cm³/mol. The number of carbonyl (C=O) groups is 2. The summed E-state index contributed by atoms with van der Waals surface area (Å²) < 4.78 is 26.6. The van der Waals surface area contributed by atoms with Crippen LogP contribution in [0.15, 0.2) is 0 Å². The first-order valence-electron chi connectivity index (χ1n) is 18.5. The minimum absolute atomic E-state index is 0.0174. The molecule has 7 unspecified atom stereocenters. The normalized spacial score (nSPS) is 60.5. The first-order valence-corrected chi connectivity index (χ1v) is 18.5. The van der Waals surface area contributed by atoms with E-state index in [1.165, 1.54) is 70.6 Å². The zero-order valence-corrected chi connectivity index (χ0v) is 25.8. The molecule has 1 heterocycles. The summed E-state index contributed by atoms with van der Waals surface area (Å²) >= 11 is 0. The van der Waals surface area contributed by atoms with E-state index in [2.05, 4.69) is 0 Å². The molecule has 0 aromatic rings. The number of hydrogen-bond donors (Lipinski definition) is 0. The van der Waals surface area contributed by atoms with Gasteiger partial charge < -0.3 is 18.9 Å². The van der Waals surface area contributed by atoms with Crippen molar-refractivity contribution in [2.75, 3.05) is 13.2 Å². The second kappa shape index (κ2) is 8.41. The lowest BCUT2D eigenvalue weighted by Crippen LogP contribution is -2.58. The highest BCUT2D eigenvalue weighted by molar-refractivity contribution is 5.78. The Morgan fingerprint density at radius 1 is 0.512 bits per heavy atom. The molecule has 43 heavy (non-hydrogen) atoms. The van der Waals surface area contributed by atoms with Gasteiger partial charge >= 0.3 is 11.9 Å². The van der Waals surface area contributed by atoms with E-state index in [0.29, 0.717) is 35.0 Å². The van der Waals surface area contributed by atoms with Crippen LogP contribution in [-0.2, 0) is 28.5 Å². The van der Waals surface area contributed by atoms with Crippen molar-refractivity contribution >= 4 is 11.9 Å². The van der Waals surface area contributed by atoms with Crippen molar-refractivity contribution in [1.29, 1.82) is 0 Å². The van der Waals surface area contributed by atoms with E-state index in [4.69, 9.17) is 18.9 Å². The lowest BCUT2D eigenvalue weighted by atomic mass is 9.49. The summed E-state index contributed by atoms with van der Waals surface area (Å²) in [6, 6.07) is 0. The van der Waals surface area contributed by atoms with Crippen LogP contribution in [0.2, 0.25) is 0 Å². The third-order valence-corrected chi connectivity index (χ3v) is 16.5. The van der Waals surface area contributed by atoms with Crippen LogP contribution >= 0.6 is 0 Å². The molecule has 6 heteroatoms. The Morgan fingerprint density at radius 3 is 1.63 bits per heavy atom. The van der Waals surface area contributed by atoms with Crippen molar-refractivity contribution in [2.24, 2.45) is 75.4 Å². The molecule has 6 nitrogen and oxygen atoms in total. The van der Waals surface area contributed by atoms with Crippen molar-refractivity contribution in [3.8, 4) is 0 Å². The van der Waals surface area contributed by atoms with Gasteiger partial charge in [-0.15, -0.1) is 0 Å². The number of fused-ring (bicyclic) bond motifs is 2. The number of ether oxygens (including phenoxy) is 4. The lowest BCUT2D eigenvalue weighted by molar-refractivity contribution is -0.301. The van der Waals surface area contributed by atoms with Crippen molar-refractivity contribution in [1.82, 2.24) is 0 Å². The van der Waals surface area contributed by atoms with E-state index in [9.17, 15) is 9.59 Å². The highest BCUT2D eigenvalue weighted by atomic mass is 16.8. The molecule has 1 saturated heterocycles. The van der Waals surface area contributed by atoms with Crippen molar-refractivity contribution in [3.05, 3.63) is 0 Å². The highest BCUT2D eigenvalue weighted by Gasteiger charge is 2.73. The van der Waals surface area contributed by atoms with E-state index < -0.39 is 5.79 Å². The molecule has 0 N–H and O–H groups in total. The van der Waals surface area contributed by atoms with Crippen LogP contribution in [0.5, 0.6) is 0 Å². The average molecular weight is 591 g/mol. The van der Waals surface area contributed by atoms with E-state index in [-0.39, 0.29) is 48.2 Å². The zero-order valence-electron chi connectivity index (χ0n) is 25.8. The SMILES string of the molecule is O=C(OCC1OC2(OC1COC(=O)C13CC4CC5CC(C1)C5(C4)C3)C1CC3CC(C1)CC2C3)C12CC3CC(CC(C3)C1)C2. The Bertz CT molecular complexity index is 1190. The molecule has 1 aliphatic heterocycles. The molecule has 7 atom stereocenters. The third-order valence-electron chi connectivity index (χ3n) is 16.5. The van der Waals surface area contributed by atoms with Gasteiger partial charge in [-0.25, -0.2) is 0 Å². The van der Waals surface area contributed by atoms with Gasteiger partial charge in [-0.2, -0.15) is 0 Å². The fraction of sp³-hybridized carbons (Fsp3) is 0.946. The smallest absolute Gasteiger partial charge is 0.312 e. The summed E-state index contributed by atoms with van der Waals surface area (Å²) in [6.07, 6.45) is 19.6. The van der Waals surface area contributed by atoms with Crippen molar-refractivity contribution in [2.45, 2.75) is 127 Å². The fourth-order valence-corrected chi connectivity index (χ4v) is 15.7. The van der Waals surface area contributed by atoms with Gasteiger partial charge in [0.1, 0.15) is 25.4 Å². The molecule has 0 radical (unpaired) electrons. The fourth-order valence-electron chi connectivity index (χ4n) is 15.7. The van der Waals surface area contributed by atoms with Crippen LogP contribution in [0.4, 0.5) is 0 Å². The Morgan fingerprint density at radius 2 is 1.02 bits per heavy atom. The molecule has 12 aliphatic carbocycles. The molecule has 12 saturated carbocycles. The Balaban J connectivity index is 0.827. The largest absolute Gasteiger partial charge is 0.462 e. The van der Waals surface area contributed by atoms with Gasteiger partial charge in [0.15, 0.2) is 5.79 Å². The summed E-state index contributed by atoms with van der Waals surface area (Å²) in [4.78, 5) is 27.8. The first-order chi connectivity index (χ1) is 20.8. The van der Waals surface area contributed by atoms with Crippen molar-refractivity contribution < 1.29 is 28.5 Å². The minimum atomic E-state index is -0.580. The van der Waals surface area contributed by atoms with Crippen LogP contribution in [0.1, 0.15) is 109 Å². The van der Waals surface area contributed by atoms with E-state index >= 15 is 0 Å². The van der Waals surface area contributed by atoms with Crippen LogP contribution < -0.4 is 0 Å². The second-order valence-electron chi connectivity index (χ2n) is 18.8. The molecule has 0 amide bonds. The number of carbonyl (C=O) groups excluding carboxylic acids is 2. The topological polar surface area (TPSA) is 71.1 Å². The van der Waals surface area contributed by atoms with Crippen molar-refractivity contribution in [3.63, 3.8) is 0 Å². The molecule has 2 spiro atoms. The maximum Gasteiger partial charge on any atom is 0.312 e. The highest BCUT2D eigenvalue weighted by Crippen LogP contribution is 2.79. The van der Waals surface area contributed by atoms with Gasteiger partial charge in [0.05, 0.1) is 10.8 Å². The molecular weight excluding hydrogens is 540 g/mol. The number of esters is 2. The predicted octanol–water partition coefficient (Wildman–Crippen LogP) is 6.44. The summed E-state index contributed by atoms with van der Waals surface area (Å²) in [7, 11) is 0. The van der Waals surface area contributed by atoms with Gasteiger partial charge in [0.2, 0.25) is 0 Å². The summed E-state index contributed by atoms with van der Waals surface area (Å²) in [5, 5.41) is 0. The van der Waals surface area contributed by atoms with Gasteiger partial charge in [0, 0.05) is 11.8 Å². The molecule has 11 bridgehead atoms. The maximum absolute atomic E-state index is 14.0. The zero-order chi connectivity index (χ0) is 28.3. The van der Waals surface area contributed by atoms with Crippen LogP contribution in [0, 0.1) is 75.4 Å². The number of hydrogen-bond acceptors (Lipinski definition) is 6. The van der Waals surface area contributed by atoms with E-state index in [1.54, 1.807) is 0 Å². The third kappa shape index (κ3) is 3.39. The summed E-state index contributed by atoms with van der Waals surface area (Å²) in [5.41, 5.74) is -0.0680. The van der Waals surface area contributed by atoms with Crippen LogP contribution in [0.25, 0.3) is 0 Å². The van der Waals surface area contributed by atoms with Gasteiger partial charge in [-0.3, -0.25) is 9.59 Å².